The number of carbonyl (C=O) groups excluding carboxylic acids is 1. The summed E-state index contributed by atoms with van der Waals surface area (Å²) in [7, 11) is 0. The zero-order valence-electron chi connectivity index (χ0n) is 9.95. The van der Waals surface area contributed by atoms with E-state index in [1.54, 1.807) is 0 Å². The molecule has 19 heavy (non-hydrogen) atoms. The van der Waals surface area contributed by atoms with Crippen molar-refractivity contribution in [1.82, 2.24) is 15.2 Å². The van der Waals surface area contributed by atoms with Gasteiger partial charge in [-0.15, -0.1) is 10.2 Å². The number of aryl methyl sites for hydroxylation is 1. The lowest BCUT2D eigenvalue weighted by Crippen LogP contribution is -2.13. The summed E-state index contributed by atoms with van der Waals surface area (Å²) >= 11 is 1.28. The van der Waals surface area contributed by atoms with Crippen LogP contribution in [0.25, 0.3) is 0 Å². The molecule has 8 heteroatoms. The molecule has 98 valence electrons. The van der Waals surface area contributed by atoms with Crippen LogP contribution in [-0.2, 0) is 6.42 Å². The number of rotatable bonds is 4. The molecule has 0 saturated heterocycles. The van der Waals surface area contributed by atoms with E-state index in [1.165, 1.54) is 29.7 Å². The van der Waals surface area contributed by atoms with Crippen LogP contribution in [0.2, 0.25) is 0 Å². The number of carbonyl (C=O) groups is 2. The van der Waals surface area contributed by atoms with Gasteiger partial charge in [-0.2, -0.15) is 0 Å². The van der Waals surface area contributed by atoms with E-state index in [9.17, 15) is 9.59 Å². The molecule has 2 N–H and O–H groups in total. The molecule has 0 aromatic carbocycles. The first-order chi connectivity index (χ1) is 9.10. The SMILES string of the molecule is CCc1nnc(NC(=O)c2ccnc(C(=O)O)c2)s1. The maximum atomic E-state index is 11.9. The highest BCUT2D eigenvalue weighted by Crippen LogP contribution is 2.16. The zero-order valence-corrected chi connectivity index (χ0v) is 10.8. The number of aromatic nitrogens is 3. The molecule has 0 fully saturated rings. The molecular formula is C11H10N4O3S. The fourth-order valence-corrected chi connectivity index (χ4v) is 1.98. The summed E-state index contributed by atoms with van der Waals surface area (Å²) in [6.45, 7) is 1.94. The zero-order chi connectivity index (χ0) is 13.8. The van der Waals surface area contributed by atoms with Crippen molar-refractivity contribution < 1.29 is 14.7 Å². The Balaban J connectivity index is 2.15. The molecule has 0 aliphatic carbocycles. The van der Waals surface area contributed by atoms with Crippen LogP contribution in [0.15, 0.2) is 18.3 Å². The van der Waals surface area contributed by atoms with Crippen molar-refractivity contribution in [3.8, 4) is 0 Å². The Kier molecular flexibility index (Phi) is 3.81. The van der Waals surface area contributed by atoms with Crippen LogP contribution in [0, 0.1) is 0 Å². The minimum atomic E-state index is -1.18. The van der Waals surface area contributed by atoms with Crippen LogP contribution < -0.4 is 5.32 Å². The smallest absolute Gasteiger partial charge is 0.354 e. The number of pyridine rings is 1. The summed E-state index contributed by atoms with van der Waals surface area (Å²) in [6, 6.07) is 2.64. The van der Waals surface area contributed by atoms with Gasteiger partial charge in [-0.3, -0.25) is 10.1 Å². The van der Waals surface area contributed by atoms with Gasteiger partial charge in [0.2, 0.25) is 5.13 Å². The Bertz CT molecular complexity index is 626. The average Bonchev–Trinajstić information content (AvgIpc) is 2.86. The molecule has 0 saturated carbocycles. The number of aromatic carboxylic acids is 1. The van der Waals surface area contributed by atoms with Crippen LogP contribution in [0.3, 0.4) is 0 Å². The number of carboxylic acids is 1. The van der Waals surface area contributed by atoms with Gasteiger partial charge in [0.1, 0.15) is 10.7 Å². The number of carboxylic acid groups (broad SMARTS) is 1. The van der Waals surface area contributed by atoms with Crippen LogP contribution in [0.5, 0.6) is 0 Å². The van der Waals surface area contributed by atoms with E-state index >= 15 is 0 Å². The van der Waals surface area contributed by atoms with Gasteiger partial charge in [0.25, 0.3) is 5.91 Å². The predicted molar refractivity (Wildman–Crippen MR) is 68.4 cm³/mol. The Morgan fingerprint density at radius 3 is 2.84 bits per heavy atom. The summed E-state index contributed by atoms with van der Waals surface area (Å²) in [5.74, 6) is -1.62. The number of nitrogens with one attached hydrogen (secondary N) is 1. The number of hydrogen-bond acceptors (Lipinski definition) is 6. The fourth-order valence-electron chi connectivity index (χ4n) is 1.31. The van der Waals surface area contributed by atoms with Crippen molar-refractivity contribution in [2.75, 3.05) is 5.32 Å². The van der Waals surface area contributed by atoms with Crippen molar-refractivity contribution in [3.05, 3.63) is 34.6 Å². The Morgan fingerprint density at radius 1 is 1.42 bits per heavy atom. The highest BCUT2D eigenvalue weighted by atomic mass is 32.1. The molecule has 0 aliphatic heterocycles. The summed E-state index contributed by atoms with van der Waals surface area (Å²) in [4.78, 5) is 26.3. The maximum Gasteiger partial charge on any atom is 0.354 e. The van der Waals surface area contributed by atoms with Gasteiger partial charge >= 0.3 is 5.97 Å². The predicted octanol–water partition coefficient (Wildman–Crippen LogP) is 1.45. The molecular weight excluding hydrogens is 268 g/mol. The second-order valence-electron chi connectivity index (χ2n) is 3.54. The first-order valence-corrected chi connectivity index (χ1v) is 6.25. The minimum absolute atomic E-state index is 0.181. The van der Waals surface area contributed by atoms with E-state index in [4.69, 9.17) is 5.11 Å². The molecule has 2 heterocycles. The van der Waals surface area contributed by atoms with E-state index in [0.717, 1.165) is 11.4 Å². The van der Waals surface area contributed by atoms with Crippen LogP contribution >= 0.6 is 11.3 Å². The summed E-state index contributed by atoms with van der Waals surface area (Å²) < 4.78 is 0. The molecule has 2 rings (SSSR count). The van der Waals surface area contributed by atoms with Crippen molar-refractivity contribution in [3.63, 3.8) is 0 Å². The van der Waals surface area contributed by atoms with Gasteiger partial charge in [0.15, 0.2) is 0 Å². The third kappa shape index (κ3) is 3.10. The largest absolute Gasteiger partial charge is 0.477 e. The normalized spacial score (nSPS) is 10.2. The Hall–Kier alpha value is -2.35. The average molecular weight is 278 g/mol. The summed E-state index contributed by atoms with van der Waals surface area (Å²) in [6.07, 6.45) is 2.02. The van der Waals surface area contributed by atoms with Crippen molar-refractivity contribution >= 4 is 28.3 Å². The monoisotopic (exact) mass is 278 g/mol. The van der Waals surface area contributed by atoms with E-state index < -0.39 is 11.9 Å². The number of amides is 1. The number of anilines is 1. The highest BCUT2D eigenvalue weighted by Gasteiger charge is 2.12. The first-order valence-electron chi connectivity index (χ1n) is 5.43. The summed E-state index contributed by atoms with van der Waals surface area (Å²) in [5.41, 5.74) is 0.0276. The molecule has 7 nitrogen and oxygen atoms in total. The number of hydrogen-bond donors (Lipinski definition) is 2. The highest BCUT2D eigenvalue weighted by molar-refractivity contribution is 7.15. The Labute approximate surface area is 112 Å². The van der Waals surface area contributed by atoms with Gasteiger partial charge in [0, 0.05) is 11.8 Å². The van der Waals surface area contributed by atoms with Gasteiger partial charge in [-0.25, -0.2) is 9.78 Å². The second-order valence-corrected chi connectivity index (χ2v) is 4.61. The summed E-state index contributed by atoms with van der Waals surface area (Å²) in [5, 5.41) is 20.3. The third-order valence-corrected chi connectivity index (χ3v) is 3.21. The maximum absolute atomic E-state index is 11.9. The molecule has 2 aromatic rings. The Morgan fingerprint density at radius 2 is 2.21 bits per heavy atom. The van der Waals surface area contributed by atoms with Gasteiger partial charge < -0.3 is 5.11 Å². The second kappa shape index (κ2) is 5.53. The van der Waals surface area contributed by atoms with E-state index in [1.807, 2.05) is 6.92 Å². The van der Waals surface area contributed by atoms with Crippen LogP contribution in [0.1, 0.15) is 32.8 Å². The molecule has 2 aromatic heterocycles. The molecule has 0 spiro atoms. The van der Waals surface area contributed by atoms with Crippen molar-refractivity contribution in [1.29, 1.82) is 0 Å². The molecule has 0 radical (unpaired) electrons. The van der Waals surface area contributed by atoms with Crippen molar-refractivity contribution in [2.45, 2.75) is 13.3 Å². The topological polar surface area (TPSA) is 105 Å². The van der Waals surface area contributed by atoms with E-state index in [2.05, 4.69) is 20.5 Å². The van der Waals surface area contributed by atoms with Gasteiger partial charge in [-0.1, -0.05) is 18.3 Å². The molecule has 1 amide bonds. The van der Waals surface area contributed by atoms with Gasteiger partial charge in [-0.05, 0) is 18.6 Å². The third-order valence-electron chi connectivity index (χ3n) is 2.23. The number of nitrogens with zero attached hydrogens (tertiary/aromatic N) is 3. The van der Waals surface area contributed by atoms with E-state index in [-0.39, 0.29) is 11.3 Å². The molecule has 0 aliphatic rings. The van der Waals surface area contributed by atoms with Gasteiger partial charge in [0.05, 0.1) is 0 Å². The fraction of sp³-hybridized carbons (Fsp3) is 0.182. The van der Waals surface area contributed by atoms with Crippen molar-refractivity contribution in [2.24, 2.45) is 0 Å². The van der Waals surface area contributed by atoms with E-state index in [0.29, 0.717) is 5.13 Å². The standard InChI is InChI=1S/C11H10N4O3S/c1-2-8-14-15-11(19-8)13-9(16)6-3-4-12-7(5-6)10(17)18/h3-5H,2H2,1H3,(H,17,18)(H,13,15,16). The lowest BCUT2D eigenvalue weighted by atomic mass is 10.2. The molecule has 0 unspecified atom stereocenters. The minimum Gasteiger partial charge on any atom is -0.477 e. The quantitative estimate of drug-likeness (QED) is 0.876. The molecule has 0 bridgehead atoms. The first kappa shape index (κ1) is 13.1. The van der Waals surface area contributed by atoms with Crippen LogP contribution in [-0.4, -0.2) is 32.2 Å². The molecule has 0 atom stereocenters. The lowest BCUT2D eigenvalue weighted by molar-refractivity contribution is 0.0690. The lowest BCUT2D eigenvalue weighted by Gasteiger charge is -2.01. The van der Waals surface area contributed by atoms with Crippen LogP contribution in [0.4, 0.5) is 5.13 Å².